The van der Waals surface area contributed by atoms with Crippen molar-refractivity contribution in [2.24, 2.45) is 0 Å². The molecule has 24 heavy (non-hydrogen) atoms. The van der Waals surface area contributed by atoms with E-state index in [0.29, 0.717) is 18.1 Å². The van der Waals surface area contributed by atoms with Gasteiger partial charge in [0.15, 0.2) is 0 Å². The van der Waals surface area contributed by atoms with E-state index in [1.807, 2.05) is 48.5 Å². The van der Waals surface area contributed by atoms with Gasteiger partial charge in [-0.1, -0.05) is 23.7 Å². The molecule has 0 radical (unpaired) electrons. The number of hydrogen-bond donors (Lipinski definition) is 0. The molecule has 4 nitrogen and oxygen atoms in total. The number of benzene rings is 2. The van der Waals surface area contributed by atoms with Gasteiger partial charge >= 0.3 is 5.97 Å². The molecule has 1 aromatic heterocycles. The average Bonchev–Trinajstić information content (AvgIpc) is 2.96. The number of rotatable bonds is 6. The number of ether oxygens (including phenoxy) is 2. The van der Waals surface area contributed by atoms with E-state index in [-0.39, 0.29) is 12.6 Å². The Hall–Kier alpha value is -2.46. The van der Waals surface area contributed by atoms with E-state index in [2.05, 4.69) is 0 Å². The predicted octanol–water partition coefficient (Wildman–Crippen LogP) is 4.77. The van der Waals surface area contributed by atoms with Crippen molar-refractivity contribution in [2.75, 3.05) is 6.61 Å². The molecule has 0 unspecified atom stereocenters. The highest BCUT2D eigenvalue weighted by molar-refractivity contribution is 6.31. The Kier molecular flexibility index (Phi) is 5.06. The molecule has 0 atom stereocenters. The summed E-state index contributed by atoms with van der Waals surface area (Å²) < 4.78 is 16.4. The molecule has 124 valence electrons. The van der Waals surface area contributed by atoms with Crippen LogP contribution in [0.2, 0.25) is 5.02 Å². The van der Waals surface area contributed by atoms with Gasteiger partial charge in [-0.3, -0.25) is 4.79 Å². The van der Waals surface area contributed by atoms with Crippen LogP contribution in [0.3, 0.4) is 0 Å². The minimum Gasteiger partial charge on any atom is -0.493 e. The lowest BCUT2D eigenvalue weighted by Gasteiger charge is -2.06. The van der Waals surface area contributed by atoms with Crippen molar-refractivity contribution >= 4 is 28.5 Å². The highest BCUT2D eigenvalue weighted by Gasteiger charge is 2.05. The molecule has 1 heterocycles. The van der Waals surface area contributed by atoms with Crippen LogP contribution in [0.1, 0.15) is 18.2 Å². The summed E-state index contributed by atoms with van der Waals surface area (Å²) in [6.45, 7) is 2.18. The summed E-state index contributed by atoms with van der Waals surface area (Å²) in [6.07, 6.45) is 0.668. The van der Waals surface area contributed by atoms with Gasteiger partial charge in [-0.05, 0) is 42.0 Å². The Labute approximate surface area is 144 Å². The molecule has 0 fully saturated rings. The van der Waals surface area contributed by atoms with E-state index in [0.717, 1.165) is 28.0 Å². The first-order valence-electron chi connectivity index (χ1n) is 7.63. The Morgan fingerprint density at radius 3 is 2.67 bits per heavy atom. The molecule has 0 saturated carbocycles. The van der Waals surface area contributed by atoms with Crippen molar-refractivity contribution < 1.29 is 18.7 Å². The third kappa shape index (κ3) is 4.30. The Bertz CT molecular complexity index is 836. The van der Waals surface area contributed by atoms with E-state index < -0.39 is 0 Å². The summed E-state index contributed by atoms with van der Waals surface area (Å²) in [7, 11) is 0. The first-order chi connectivity index (χ1) is 11.6. The maximum absolute atomic E-state index is 10.8. The van der Waals surface area contributed by atoms with Crippen molar-refractivity contribution in [1.29, 1.82) is 0 Å². The van der Waals surface area contributed by atoms with E-state index in [9.17, 15) is 4.79 Å². The fourth-order valence-electron chi connectivity index (χ4n) is 2.33. The van der Waals surface area contributed by atoms with Gasteiger partial charge in [0, 0.05) is 23.8 Å². The van der Waals surface area contributed by atoms with Gasteiger partial charge in [0.25, 0.3) is 0 Å². The summed E-state index contributed by atoms with van der Waals surface area (Å²) in [5.74, 6) is 1.34. The Morgan fingerprint density at radius 1 is 1.12 bits per heavy atom. The molecule has 0 bridgehead atoms. The van der Waals surface area contributed by atoms with Crippen molar-refractivity contribution in [2.45, 2.75) is 20.0 Å². The quantitative estimate of drug-likeness (QED) is 0.604. The smallest absolute Gasteiger partial charge is 0.302 e. The molecule has 0 aliphatic carbocycles. The second-order valence-electron chi connectivity index (χ2n) is 5.42. The maximum atomic E-state index is 10.8. The van der Waals surface area contributed by atoms with Crippen LogP contribution in [0, 0.1) is 0 Å². The number of carbonyl (C=O) groups is 1. The topological polar surface area (TPSA) is 48.7 Å². The Balaban J connectivity index is 1.52. The van der Waals surface area contributed by atoms with Crippen LogP contribution in [0.4, 0.5) is 0 Å². The van der Waals surface area contributed by atoms with Gasteiger partial charge in [0.1, 0.15) is 23.7 Å². The number of esters is 1. The first-order valence-corrected chi connectivity index (χ1v) is 8.01. The largest absolute Gasteiger partial charge is 0.493 e. The van der Waals surface area contributed by atoms with Crippen molar-refractivity contribution in [3.05, 3.63) is 64.9 Å². The highest BCUT2D eigenvalue weighted by atomic mass is 35.5. The summed E-state index contributed by atoms with van der Waals surface area (Å²) in [5, 5.41) is 1.69. The molecule has 3 rings (SSSR count). The van der Waals surface area contributed by atoms with Gasteiger partial charge in [-0.15, -0.1) is 0 Å². The molecular formula is C19H17ClO4. The van der Waals surface area contributed by atoms with Crippen molar-refractivity contribution in [3.8, 4) is 5.75 Å². The van der Waals surface area contributed by atoms with Gasteiger partial charge in [0.2, 0.25) is 0 Å². The van der Waals surface area contributed by atoms with Crippen molar-refractivity contribution in [3.63, 3.8) is 0 Å². The maximum Gasteiger partial charge on any atom is 0.302 e. The molecular weight excluding hydrogens is 328 g/mol. The molecule has 0 saturated heterocycles. The monoisotopic (exact) mass is 344 g/mol. The lowest BCUT2D eigenvalue weighted by Crippen LogP contribution is -2.01. The van der Waals surface area contributed by atoms with Crippen LogP contribution in [0.15, 0.2) is 52.9 Å². The van der Waals surface area contributed by atoms with Crippen LogP contribution in [0.25, 0.3) is 11.0 Å². The van der Waals surface area contributed by atoms with Gasteiger partial charge in [-0.25, -0.2) is 0 Å². The lowest BCUT2D eigenvalue weighted by molar-refractivity contribution is -0.142. The summed E-state index contributed by atoms with van der Waals surface area (Å²) in [5.41, 5.74) is 1.75. The Morgan fingerprint density at radius 2 is 1.92 bits per heavy atom. The minimum atomic E-state index is -0.289. The number of carbonyl (C=O) groups excluding carboxylic acids is 1. The third-order valence-electron chi connectivity index (χ3n) is 3.51. The standard InChI is InChI=1S/C19H17ClO4/c1-13(21)23-12-14-2-5-17(6-3-14)22-9-8-18-11-15-10-16(20)4-7-19(15)24-18/h2-7,10-11H,8-9,12H2,1H3. The number of hydrogen-bond acceptors (Lipinski definition) is 4. The molecule has 0 N–H and O–H groups in total. The fourth-order valence-corrected chi connectivity index (χ4v) is 2.51. The van der Waals surface area contributed by atoms with E-state index in [4.69, 9.17) is 25.5 Å². The van der Waals surface area contributed by atoms with Crippen LogP contribution in [-0.4, -0.2) is 12.6 Å². The number of halogens is 1. The van der Waals surface area contributed by atoms with Crippen LogP contribution in [-0.2, 0) is 22.6 Å². The van der Waals surface area contributed by atoms with Gasteiger partial charge in [-0.2, -0.15) is 0 Å². The minimum absolute atomic E-state index is 0.275. The summed E-state index contributed by atoms with van der Waals surface area (Å²) >= 11 is 5.97. The average molecular weight is 345 g/mol. The zero-order chi connectivity index (χ0) is 16.9. The van der Waals surface area contributed by atoms with Crippen LogP contribution in [0.5, 0.6) is 5.75 Å². The zero-order valence-electron chi connectivity index (χ0n) is 13.3. The molecule has 5 heteroatoms. The van der Waals surface area contributed by atoms with Crippen molar-refractivity contribution in [1.82, 2.24) is 0 Å². The zero-order valence-corrected chi connectivity index (χ0v) is 14.0. The van der Waals surface area contributed by atoms with Crippen LogP contribution < -0.4 is 4.74 Å². The van der Waals surface area contributed by atoms with Crippen LogP contribution >= 0.6 is 11.6 Å². The molecule has 0 spiro atoms. The van der Waals surface area contributed by atoms with E-state index >= 15 is 0 Å². The lowest BCUT2D eigenvalue weighted by atomic mass is 10.2. The summed E-state index contributed by atoms with van der Waals surface area (Å²) in [6, 6.07) is 15.0. The first kappa shape index (κ1) is 16.4. The predicted molar refractivity (Wildman–Crippen MR) is 92.3 cm³/mol. The van der Waals surface area contributed by atoms with Gasteiger partial charge < -0.3 is 13.9 Å². The fraction of sp³-hybridized carbons (Fsp3) is 0.211. The molecule has 2 aromatic carbocycles. The number of fused-ring (bicyclic) bond motifs is 1. The highest BCUT2D eigenvalue weighted by Crippen LogP contribution is 2.23. The van der Waals surface area contributed by atoms with E-state index in [1.165, 1.54) is 6.92 Å². The number of furan rings is 1. The van der Waals surface area contributed by atoms with Gasteiger partial charge in [0.05, 0.1) is 6.61 Å². The summed E-state index contributed by atoms with van der Waals surface area (Å²) in [4.78, 5) is 10.8. The molecule has 0 aliphatic rings. The molecule has 3 aromatic rings. The SMILES string of the molecule is CC(=O)OCc1ccc(OCCc2cc3cc(Cl)ccc3o2)cc1. The van der Waals surface area contributed by atoms with E-state index in [1.54, 1.807) is 0 Å². The normalized spacial score (nSPS) is 10.8. The molecule has 0 aliphatic heterocycles. The second kappa shape index (κ2) is 7.41. The second-order valence-corrected chi connectivity index (χ2v) is 5.85. The third-order valence-corrected chi connectivity index (χ3v) is 3.75. The molecule has 0 amide bonds.